The topological polar surface area (TPSA) is 35.6 Å². The third-order valence-corrected chi connectivity index (χ3v) is 10.6. The van der Waals surface area contributed by atoms with Crippen LogP contribution in [0.1, 0.15) is 25.0 Å². The van der Waals surface area contributed by atoms with Crippen LogP contribution in [0.3, 0.4) is 0 Å². The zero-order valence-electron chi connectivity index (χ0n) is 28.5. The lowest BCUT2D eigenvalue weighted by atomic mass is 9.81. The second-order valence-corrected chi connectivity index (χ2v) is 14.0. The van der Waals surface area contributed by atoms with Crippen LogP contribution in [0.15, 0.2) is 170 Å². The molecule has 0 saturated carbocycles. The van der Waals surface area contributed by atoms with E-state index in [1.54, 1.807) is 0 Å². The van der Waals surface area contributed by atoms with Gasteiger partial charge in [-0.25, -0.2) is 0 Å². The Morgan fingerprint density at radius 2 is 0.902 bits per heavy atom. The fraction of sp³-hybridized carbons (Fsp3) is 0.0638. The molecule has 1 aliphatic carbocycles. The number of nitrogens with zero attached hydrogens (tertiary/aromatic N) is 4. The molecule has 7 aromatic carbocycles. The summed E-state index contributed by atoms with van der Waals surface area (Å²) in [6.07, 6.45) is 0. The Labute approximate surface area is 296 Å². The molecule has 0 bridgehead atoms. The van der Waals surface area contributed by atoms with Gasteiger partial charge in [-0.3, -0.25) is 4.57 Å². The highest BCUT2D eigenvalue weighted by atomic mass is 15.3. The SMILES string of the molecule is CC1(C)c2ccccc2-c2ccc(-c3cc(-n4c(-c5ccccc5)nnc4-c4ccccc4)cc(-n4c5ccccc5c5ccccc54)c3)cc21. The van der Waals surface area contributed by atoms with Crippen LogP contribution in [0.4, 0.5) is 0 Å². The van der Waals surface area contributed by atoms with Crippen molar-refractivity contribution in [2.45, 2.75) is 19.3 Å². The maximum Gasteiger partial charge on any atom is 0.168 e. The minimum absolute atomic E-state index is 0.107. The normalized spacial score (nSPS) is 13.1. The number of para-hydroxylation sites is 2. The van der Waals surface area contributed by atoms with E-state index in [2.05, 4.69) is 181 Å². The molecule has 0 N–H and O–H groups in total. The minimum atomic E-state index is -0.107. The lowest BCUT2D eigenvalue weighted by molar-refractivity contribution is 0.660. The summed E-state index contributed by atoms with van der Waals surface area (Å²) in [7, 11) is 0. The Morgan fingerprint density at radius 1 is 0.392 bits per heavy atom. The highest BCUT2D eigenvalue weighted by Crippen LogP contribution is 2.49. The van der Waals surface area contributed by atoms with E-state index in [9.17, 15) is 0 Å². The lowest BCUT2D eigenvalue weighted by Gasteiger charge is -2.22. The van der Waals surface area contributed by atoms with Crippen molar-refractivity contribution < 1.29 is 0 Å². The smallest absolute Gasteiger partial charge is 0.168 e. The van der Waals surface area contributed by atoms with Gasteiger partial charge in [0.25, 0.3) is 0 Å². The van der Waals surface area contributed by atoms with Gasteiger partial charge < -0.3 is 4.57 Å². The Balaban J connectivity index is 1.28. The largest absolute Gasteiger partial charge is 0.309 e. The summed E-state index contributed by atoms with van der Waals surface area (Å²) in [5.41, 5.74) is 14.0. The molecule has 51 heavy (non-hydrogen) atoms. The average Bonchev–Trinajstić information content (AvgIpc) is 3.85. The van der Waals surface area contributed by atoms with Gasteiger partial charge in [-0.1, -0.05) is 147 Å². The van der Waals surface area contributed by atoms with E-state index in [-0.39, 0.29) is 5.41 Å². The molecule has 0 fully saturated rings. The summed E-state index contributed by atoms with van der Waals surface area (Å²) in [5.74, 6) is 1.59. The van der Waals surface area contributed by atoms with E-state index >= 15 is 0 Å². The van der Waals surface area contributed by atoms with Crippen molar-refractivity contribution >= 4 is 21.8 Å². The van der Waals surface area contributed by atoms with Gasteiger partial charge in [0.05, 0.1) is 16.7 Å². The zero-order valence-corrected chi connectivity index (χ0v) is 28.5. The van der Waals surface area contributed by atoms with Crippen molar-refractivity contribution in [1.29, 1.82) is 0 Å². The molecule has 0 atom stereocenters. The van der Waals surface area contributed by atoms with Crippen molar-refractivity contribution in [3.8, 4) is 56.4 Å². The Kier molecular flexibility index (Phi) is 6.49. The van der Waals surface area contributed by atoms with Gasteiger partial charge in [-0.2, -0.15) is 0 Å². The van der Waals surface area contributed by atoms with Gasteiger partial charge >= 0.3 is 0 Å². The van der Waals surface area contributed by atoms with Gasteiger partial charge in [-0.05, 0) is 69.8 Å². The molecular weight excluding hydrogens is 621 g/mol. The molecule has 0 aliphatic heterocycles. The molecule has 2 heterocycles. The first-order valence-corrected chi connectivity index (χ1v) is 17.5. The van der Waals surface area contributed by atoms with Crippen molar-refractivity contribution in [3.05, 3.63) is 181 Å². The molecule has 0 amide bonds. The monoisotopic (exact) mass is 654 g/mol. The summed E-state index contributed by atoms with van der Waals surface area (Å²) in [6, 6.07) is 60.9. The summed E-state index contributed by atoms with van der Waals surface area (Å²) in [6.45, 7) is 4.69. The minimum Gasteiger partial charge on any atom is -0.309 e. The summed E-state index contributed by atoms with van der Waals surface area (Å²) < 4.78 is 4.62. The standard InChI is InChI=1S/C47H34N4/c1-47(2)41-22-12-9-19-37(41)38-26-25-33(29-42(38)47)34-27-35(50-43-23-13-10-20-39(43)40-21-11-14-24-44(40)50)30-36(28-34)51-45(31-15-5-3-6-16-31)48-49-46(51)32-17-7-4-8-18-32/h3-30H,1-2H3. The van der Waals surface area contributed by atoms with Crippen molar-refractivity contribution in [3.63, 3.8) is 0 Å². The van der Waals surface area contributed by atoms with E-state index < -0.39 is 0 Å². The molecule has 0 saturated heterocycles. The molecule has 0 spiro atoms. The van der Waals surface area contributed by atoms with E-state index in [1.165, 1.54) is 49.6 Å². The summed E-state index contributed by atoms with van der Waals surface area (Å²) >= 11 is 0. The van der Waals surface area contributed by atoms with Gasteiger partial charge in [0.1, 0.15) is 0 Å². The molecule has 242 valence electrons. The molecule has 1 aliphatic rings. The van der Waals surface area contributed by atoms with Crippen LogP contribution < -0.4 is 0 Å². The molecule has 4 heteroatoms. The number of benzene rings is 7. The number of fused-ring (bicyclic) bond motifs is 6. The molecular formula is C47H34N4. The second kappa shape index (κ2) is 11.3. The molecule has 4 nitrogen and oxygen atoms in total. The fourth-order valence-corrected chi connectivity index (χ4v) is 8.18. The molecule has 9 aromatic rings. The van der Waals surface area contributed by atoms with Gasteiger partial charge in [-0.15, -0.1) is 10.2 Å². The summed E-state index contributed by atoms with van der Waals surface area (Å²) in [5, 5.41) is 12.1. The Morgan fingerprint density at radius 3 is 1.53 bits per heavy atom. The van der Waals surface area contributed by atoms with E-state index in [0.717, 1.165) is 39.7 Å². The predicted octanol–water partition coefficient (Wildman–Crippen LogP) is 11.7. The second-order valence-electron chi connectivity index (χ2n) is 14.0. The number of hydrogen-bond donors (Lipinski definition) is 0. The van der Waals surface area contributed by atoms with Crippen LogP contribution in [0.2, 0.25) is 0 Å². The van der Waals surface area contributed by atoms with Crippen LogP contribution in [-0.2, 0) is 5.41 Å². The third kappa shape index (κ3) is 4.53. The van der Waals surface area contributed by atoms with Gasteiger partial charge in [0, 0.05) is 33.0 Å². The quantitative estimate of drug-likeness (QED) is 0.185. The van der Waals surface area contributed by atoms with Crippen molar-refractivity contribution in [1.82, 2.24) is 19.3 Å². The van der Waals surface area contributed by atoms with Crippen LogP contribution in [0.5, 0.6) is 0 Å². The maximum absolute atomic E-state index is 4.83. The van der Waals surface area contributed by atoms with Crippen molar-refractivity contribution in [2.75, 3.05) is 0 Å². The number of hydrogen-bond acceptors (Lipinski definition) is 2. The first kappa shape index (κ1) is 29.4. The van der Waals surface area contributed by atoms with E-state index in [0.29, 0.717) is 0 Å². The van der Waals surface area contributed by atoms with Gasteiger partial charge in [0.2, 0.25) is 0 Å². The highest BCUT2D eigenvalue weighted by molar-refractivity contribution is 6.09. The van der Waals surface area contributed by atoms with Crippen LogP contribution in [0, 0.1) is 0 Å². The predicted molar refractivity (Wildman–Crippen MR) is 210 cm³/mol. The fourth-order valence-electron chi connectivity index (χ4n) is 8.18. The maximum atomic E-state index is 4.83. The Bertz CT molecular complexity index is 2660. The first-order chi connectivity index (χ1) is 25.1. The van der Waals surface area contributed by atoms with Crippen LogP contribution in [-0.4, -0.2) is 19.3 Å². The average molecular weight is 655 g/mol. The van der Waals surface area contributed by atoms with E-state index in [4.69, 9.17) is 10.2 Å². The number of aromatic nitrogens is 4. The Hall–Kier alpha value is -6.52. The van der Waals surface area contributed by atoms with E-state index in [1.807, 2.05) is 12.1 Å². The van der Waals surface area contributed by atoms with Crippen LogP contribution >= 0.6 is 0 Å². The lowest BCUT2D eigenvalue weighted by Crippen LogP contribution is -2.14. The van der Waals surface area contributed by atoms with Crippen LogP contribution in [0.25, 0.3) is 78.2 Å². The molecule has 2 aromatic heterocycles. The summed E-state index contributed by atoms with van der Waals surface area (Å²) in [4.78, 5) is 0. The molecule has 10 rings (SSSR count). The molecule has 0 radical (unpaired) electrons. The first-order valence-electron chi connectivity index (χ1n) is 17.5. The van der Waals surface area contributed by atoms with Gasteiger partial charge in [0.15, 0.2) is 11.6 Å². The molecule has 0 unspecified atom stereocenters. The van der Waals surface area contributed by atoms with Crippen molar-refractivity contribution in [2.24, 2.45) is 0 Å². The zero-order chi connectivity index (χ0) is 34.1. The highest BCUT2D eigenvalue weighted by Gasteiger charge is 2.35. The number of rotatable bonds is 5. The third-order valence-electron chi connectivity index (χ3n) is 10.6.